The first-order chi connectivity index (χ1) is 16.0. The van der Waals surface area contributed by atoms with Gasteiger partial charge in [0.2, 0.25) is 5.91 Å². The van der Waals surface area contributed by atoms with E-state index in [1.165, 1.54) is 4.90 Å². The van der Waals surface area contributed by atoms with E-state index in [4.69, 9.17) is 9.84 Å². The van der Waals surface area contributed by atoms with Crippen molar-refractivity contribution >= 4 is 18.0 Å². The highest BCUT2D eigenvalue weighted by atomic mass is 16.5. The van der Waals surface area contributed by atoms with Gasteiger partial charge in [-0.25, -0.2) is 4.79 Å². The molecule has 1 aliphatic rings. The standard InChI is InChI=1S/C25H30N2O6/c1-2-13-27(14-15-28)24(31)22(11-12-23(29)30)26-25(32)33-16-21-19-9-5-3-7-17(19)18-8-4-6-10-20(18)21/h3-10,21-22,28H,2,11-16H2,1H3,(H,26,32)(H,29,30). The number of carbonyl (C=O) groups excluding carboxylic acids is 2. The van der Waals surface area contributed by atoms with Crippen LogP contribution in [0, 0.1) is 0 Å². The smallest absolute Gasteiger partial charge is 0.407 e. The number of nitrogens with zero attached hydrogens (tertiary/aromatic N) is 1. The molecule has 0 fully saturated rings. The van der Waals surface area contributed by atoms with Crippen molar-refractivity contribution in [3.63, 3.8) is 0 Å². The summed E-state index contributed by atoms with van der Waals surface area (Å²) in [5.74, 6) is -1.62. The largest absolute Gasteiger partial charge is 0.481 e. The molecule has 0 aliphatic heterocycles. The van der Waals surface area contributed by atoms with Gasteiger partial charge in [0.1, 0.15) is 12.6 Å². The van der Waals surface area contributed by atoms with E-state index in [2.05, 4.69) is 5.32 Å². The molecular weight excluding hydrogens is 424 g/mol. The third kappa shape index (κ3) is 5.90. The molecule has 3 rings (SSSR count). The van der Waals surface area contributed by atoms with E-state index in [-0.39, 0.29) is 38.5 Å². The van der Waals surface area contributed by atoms with Gasteiger partial charge in [-0.05, 0) is 35.1 Å². The summed E-state index contributed by atoms with van der Waals surface area (Å²) >= 11 is 0. The molecule has 2 aromatic carbocycles. The number of benzene rings is 2. The van der Waals surface area contributed by atoms with Crippen molar-refractivity contribution in [2.45, 2.75) is 38.1 Å². The maximum atomic E-state index is 12.9. The highest BCUT2D eigenvalue weighted by molar-refractivity contribution is 5.86. The quantitative estimate of drug-likeness (QED) is 0.481. The van der Waals surface area contributed by atoms with E-state index in [1.54, 1.807) is 0 Å². The Morgan fingerprint density at radius 3 is 2.18 bits per heavy atom. The lowest BCUT2D eigenvalue weighted by molar-refractivity contribution is -0.138. The summed E-state index contributed by atoms with van der Waals surface area (Å²) in [6.07, 6.45) is -0.452. The molecule has 0 heterocycles. The number of nitrogens with one attached hydrogen (secondary N) is 1. The van der Waals surface area contributed by atoms with Crippen molar-refractivity contribution in [1.29, 1.82) is 0 Å². The minimum atomic E-state index is -1.06. The van der Waals surface area contributed by atoms with E-state index >= 15 is 0 Å². The number of aliphatic carboxylic acids is 1. The fourth-order valence-corrected chi connectivity index (χ4v) is 4.25. The van der Waals surface area contributed by atoms with Gasteiger partial charge in [-0.1, -0.05) is 55.5 Å². The highest BCUT2D eigenvalue weighted by Crippen LogP contribution is 2.44. The number of fused-ring (bicyclic) bond motifs is 3. The fourth-order valence-electron chi connectivity index (χ4n) is 4.25. The van der Waals surface area contributed by atoms with Gasteiger partial charge >= 0.3 is 12.1 Å². The number of alkyl carbamates (subject to hydrolysis) is 1. The van der Waals surface area contributed by atoms with Gasteiger partial charge < -0.3 is 25.2 Å². The van der Waals surface area contributed by atoms with Crippen molar-refractivity contribution in [3.05, 3.63) is 59.7 Å². The van der Waals surface area contributed by atoms with E-state index in [0.29, 0.717) is 13.0 Å². The van der Waals surface area contributed by atoms with Crippen LogP contribution in [-0.2, 0) is 14.3 Å². The Kier molecular flexibility index (Phi) is 8.43. The molecular formula is C25H30N2O6. The van der Waals surface area contributed by atoms with Crippen LogP contribution in [-0.4, -0.2) is 65.4 Å². The van der Waals surface area contributed by atoms with Crippen LogP contribution in [0.4, 0.5) is 4.79 Å². The van der Waals surface area contributed by atoms with Crippen LogP contribution < -0.4 is 5.32 Å². The summed E-state index contributed by atoms with van der Waals surface area (Å²) < 4.78 is 5.51. The minimum Gasteiger partial charge on any atom is -0.481 e. The van der Waals surface area contributed by atoms with Crippen molar-refractivity contribution < 1.29 is 29.3 Å². The van der Waals surface area contributed by atoms with E-state index in [9.17, 15) is 19.5 Å². The predicted octanol–water partition coefficient (Wildman–Crippen LogP) is 2.99. The lowest BCUT2D eigenvalue weighted by atomic mass is 9.98. The maximum absolute atomic E-state index is 12.9. The number of rotatable bonds is 11. The van der Waals surface area contributed by atoms with Gasteiger partial charge in [0.05, 0.1) is 6.61 Å². The fraction of sp³-hybridized carbons (Fsp3) is 0.400. The van der Waals surface area contributed by atoms with Crippen LogP contribution in [0.25, 0.3) is 11.1 Å². The molecule has 0 saturated heterocycles. The number of carboxylic acids is 1. The molecule has 8 heteroatoms. The Bertz CT molecular complexity index is 941. The van der Waals surface area contributed by atoms with Crippen LogP contribution in [0.3, 0.4) is 0 Å². The van der Waals surface area contributed by atoms with Crippen molar-refractivity contribution in [2.75, 3.05) is 26.3 Å². The summed E-state index contributed by atoms with van der Waals surface area (Å²) in [5, 5.41) is 20.9. The number of carbonyl (C=O) groups is 3. The van der Waals surface area contributed by atoms with Gasteiger partial charge in [-0.2, -0.15) is 0 Å². The lowest BCUT2D eigenvalue weighted by Gasteiger charge is -2.27. The zero-order valence-electron chi connectivity index (χ0n) is 18.7. The van der Waals surface area contributed by atoms with Crippen LogP contribution >= 0.6 is 0 Å². The Labute approximate surface area is 193 Å². The summed E-state index contributed by atoms with van der Waals surface area (Å²) in [6.45, 7) is 2.28. The molecule has 1 aliphatic carbocycles. The van der Waals surface area contributed by atoms with Crippen LogP contribution in [0.5, 0.6) is 0 Å². The zero-order chi connectivity index (χ0) is 23.8. The van der Waals surface area contributed by atoms with Gasteiger partial charge in [0, 0.05) is 25.4 Å². The SMILES string of the molecule is CCCN(CCO)C(=O)C(CCC(=O)O)NC(=O)OCC1c2ccccc2-c2ccccc21. The van der Waals surface area contributed by atoms with E-state index < -0.39 is 24.0 Å². The Hall–Kier alpha value is -3.39. The predicted molar refractivity (Wildman–Crippen MR) is 123 cm³/mol. The number of ether oxygens (including phenoxy) is 1. The molecule has 2 aromatic rings. The highest BCUT2D eigenvalue weighted by Gasteiger charge is 2.30. The van der Waals surface area contributed by atoms with Crippen LogP contribution in [0.1, 0.15) is 43.2 Å². The minimum absolute atomic E-state index is 0.0655. The van der Waals surface area contributed by atoms with Crippen molar-refractivity contribution in [2.24, 2.45) is 0 Å². The summed E-state index contributed by atoms with van der Waals surface area (Å²) in [7, 11) is 0. The third-order valence-electron chi connectivity index (χ3n) is 5.76. The molecule has 1 unspecified atom stereocenters. The second-order valence-electron chi connectivity index (χ2n) is 8.00. The molecule has 33 heavy (non-hydrogen) atoms. The first-order valence-corrected chi connectivity index (χ1v) is 11.2. The second kappa shape index (κ2) is 11.5. The first-order valence-electron chi connectivity index (χ1n) is 11.2. The molecule has 8 nitrogen and oxygen atoms in total. The summed E-state index contributed by atoms with van der Waals surface area (Å²) in [4.78, 5) is 38.0. The lowest BCUT2D eigenvalue weighted by Crippen LogP contribution is -2.50. The van der Waals surface area contributed by atoms with Crippen molar-refractivity contribution in [1.82, 2.24) is 10.2 Å². The number of amides is 2. The summed E-state index contributed by atoms with van der Waals surface area (Å²) in [5.41, 5.74) is 4.36. The van der Waals surface area contributed by atoms with E-state index in [1.807, 2.05) is 55.5 Å². The topological polar surface area (TPSA) is 116 Å². The molecule has 3 N–H and O–H groups in total. The van der Waals surface area contributed by atoms with Crippen LogP contribution in [0.15, 0.2) is 48.5 Å². The number of aliphatic hydroxyl groups excluding tert-OH is 1. The number of hydrogen-bond donors (Lipinski definition) is 3. The molecule has 2 amide bonds. The summed E-state index contributed by atoms with van der Waals surface area (Å²) in [6, 6.07) is 14.9. The monoisotopic (exact) mass is 454 g/mol. The number of aliphatic hydroxyl groups is 1. The average Bonchev–Trinajstić information content (AvgIpc) is 3.13. The average molecular weight is 455 g/mol. The molecule has 0 bridgehead atoms. The zero-order valence-corrected chi connectivity index (χ0v) is 18.7. The molecule has 0 radical (unpaired) electrons. The molecule has 1 atom stereocenters. The van der Waals surface area contributed by atoms with Gasteiger partial charge in [-0.3, -0.25) is 9.59 Å². The number of hydrogen-bond acceptors (Lipinski definition) is 5. The van der Waals surface area contributed by atoms with Crippen molar-refractivity contribution in [3.8, 4) is 11.1 Å². The second-order valence-corrected chi connectivity index (χ2v) is 8.00. The maximum Gasteiger partial charge on any atom is 0.407 e. The number of carboxylic acid groups (broad SMARTS) is 1. The van der Waals surface area contributed by atoms with Gasteiger partial charge in [0.25, 0.3) is 0 Å². The molecule has 0 spiro atoms. The first kappa shape index (κ1) is 24.3. The van der Waals surface area contributed by atoms with E-state index in [0.717, 1.165) is 22.3 Å². The molecule has 0 saturated carbocycles. The third-order valence-corrected chi connectivity index (χ3v) is 5.76. The Morgan fingerprint density at radius 2 is 1.64 bits per heavy atom. The normalized spacial score (nSPS) is 13.0. The van der Waals surface area contributed by atoms with Crippen LogP contribution in [0.2, 0.25) is 0 Å². The van der Waals surface area contributed by atoms with Gasteiger partial charge in [-0.15, -0.1) is 0 Å². The molecule has 176 valence electrons. The molecule has 0 aromatic heterocycles. The van der Waals surface area contributed by atoms with Gasteiger partial charge in [0.15, 0.2) is 0 Å². The Balaban J connectivity index is 1.69. The Morgan fingerprint density at radius 1 is 1.03 bits per heavy atom.